The lowest BCUT2D eigenvalue weighted by atomic mass is 9.44. The van der Waals surface area contributed by atoms with Crippen LogP contribution in [0.4, 0.5) is 0 Å². The second kappa shape index (κ2) is 8.78. The zero-order valence-corrected chi connectivity index (χ0v) is 20.7. The Labute approximate surface area is 190 Å². The van der Waals surface area contributed by atoms with Crippen LogP contribution in [0.1, 0.15) is 112 Å². The van der Waals surface area contributed by atoms with Gasteiger partial charge in [0.05, 0.1) is 10.8 Å². The average molecular weight is 431 g/mol. The van der Waals surface area contributed by atoms with Crippen LogP contribution in [-0.4, -0.2) is 10.7 Å². The fraction of sp³-hybridized carbons (Fsp3) is 0.963. The standard InChI is InChI=1S/C27H46N2O2/c1-18(2)9-8-10-19(3)21-12-13-22-25-23(14-16-27(21,22)5)26(4)15-7-6-11-20(26)17-24(25)28-29(30)31/h18-23,25H,6-17H2,1-5H3. The number of hydrogen-bond donors (Lipinski definition) is 0. The lowest BCUT2D eigenvalue weighted by molar-refractivity contribution is -0.485. The van der Waals surface area contributed by atoms with Gasteiger partial charge in [0.1, 0.15) is 0 Å². The van der Waals surface area contributed by atoms with Gasteiger partial charge in [-0.15, -0.1) is 0 Å². The minimum Gasteiger partial charge on any atom is -0.233 e. The van der Waals surface area contributed by atoms with Crippen LogP contribution < -0.4 is 0 Å². The van der Waals surface area contributed by atoms with E-state index >= 15 is 0 Å². The predicted octanol–water partition coefficient (Wildman–Crippen LogP) is 7.74. The SMILES string of the molecule is CC(C)CCCC(C)C1CCC2C3C(=N[N+](=O)[O-])CC4CCCCC4(C)C3CCC12C. The molecule has 8 unspecified atom stereocenters. The lowest BCUT2D eigenvalue weighted by Gasteiger charge is -2.60. The monoisotopic (exact) mass is 430 g/mol. The van der Waals surface area contributed by atoms with Crippen LogP contribution in [0.25, 0.3) is 0 Å². The summed E-state index contributed by atoms with van der Waals surface area (Å²) in [4.78, 5) is 11.5. The summed E-state index contributed by atoms with van der Waals surface area (Å²) in [7, 11) is 0. The van der Waals surface area contributed by atoms with Gasteiger partial charge < -0.3 is 0 Å². The third kappa shape index (κ3) is 4.10. The molecular formula is C27H46N2O2. The van der Waals surface area contributed by atoms with Crippen LogP contribution in [0.2, 0.25) is 0 Å². The van der Waals surface area contributed by atoms with E-state index < -0.39 is 0 Å². The first-order valence-corrected chi connectivity index (χ1v) is 13.4. The predicted molar refractivity (Wildman–Crippen MR) is 127 cm³/mol. The molecule has 4 aliphatic carbocycles. The molecule has 0 saturated heterocycles. The first-order chi connectivity index (χ1) is 14.7. The molecule has 176 valence electrons. The highest BCUT2D eigenvalue weighted by molar-refractivity contribution is 5.88. The Bertz CT molecular complexity index is 703. The first kappa shape index (κ1) is 23.2. The van der Waals surface area contributed by atoms with Crippen LogP contribution >= 0.6 is 0 Å². The maximum Gasteiger partial charge on any atom is 0.190 e. The minimum atomic E-state index is -0.384. The Balaban J connectivity index is 1.60. The Morgan fingerprint density at radius 3 is 2.45 bits per heavy atom. The molecule has 8 atom stereocenters. The van der Waals surface area contributed by atoms with Crippen molar-refractivity contribution < 1.29 is 5.03 Å². The van der Waals surface area contributed by atoms with Crippen molar-refractivity contribution >= 4 is 5.71 Å². The number of nitrogens with zero attached hydrogens (tertiary/aromatic N) is 2. The molecule has 4 rings (SSSR count). The van der Waals surface area contributed by atoms with Crippen LogP contribution in [0.5, 0.6) is 0 Å². The minimum absolute atomic E-state index is 0.341. The maximum atomic E-state index is 11.5. The molecular weight excluding hydrogens is 384 g/mol. The summed E-state index contributed by atoms with van der Waals surface area (Å²) in [6, 6.07) is 0. The normalized spacial score (nSPS) is 44.6. The highest BCUT2D eigenvalue weighted by Crippen LogP contribution is 2.67. The quantitative estimate of drug-likeness (QED) is 0.319. The number of hydrogen-bond acceptors (Lipinski definition) is 2. The second-order valence-corrected chi connectivity index (χ2v) is 12.8. The highest BCUT2D eigenvalue weighted by atomic mass is 16.7. The Morgan fingerprint density at radius 2 is 1.74 bits per heavy atom. The van der Waals surface area contributed by atoms with Crippen molar-refractivity contribution in [3.63, 3.8) is 0 Å². The molecule has 4 nitrogen and oxygen atoms in total. The summed E-state index contributed by atoms with van der Waals surface area (Å²) < 4.78 is 0. The fourth-order valence-corrected chi connectivity index (χ4v) is 9.22. The summed E-state index contributed by atoms with van der Waals surface area (Å²) in [6.45, 7) is 12.3. The van der Waals surface area contributed by atoms with E-state index in [1.807, 2.05) is 0 Å². The molecule has 4 heteroatoms. The average Bonchev–Trinajstić information content (AvgIpc) is 3.04. The van der Waals surface area contributed by atoms with E-state index in [0.717, 1.165) is 29.9 Å². The largest absolute Gasteiger partial charge is 0.233 e. The molecule has 0 N–H and O–H groups in total. The molecule has 31 heavy (non-hydrogen) atoms. The lowest BCUT2D eigenvalue weighted by Crippen LogP contribution is -2.56. The zero-order valence-electron chi connectivity index (χ0n) is 20.7. The number of rotatable bonds is 6. The van der Waals surface area contributed by atoms with Crippen molar-refractivity contribution in [2.24, 2.45) is 57.4 Å². The highest BCUT2D eigenvalue weighted by Gasteiger charge is 2.62. The third-order valence-electron chi connectivity index (χ3n) is 10.8. The van der Waals surface area contributed by atoms with Crippen molar-refractivity contribution in [2.75, 3.05) is 0 Å². The van der Waals surface area contributed by atoms with Gasteiger partial charge in [-0.05, 0) is 91.3 Å². The van der Waals surface area contributed by atoms with Crippen LogP contribution in [0, 0.1) is 62.4 Å². The molecule has 4 fully saturated rings. The molecule has 0 spiro atoms. The summed E-state index contributed by atoms with van der Waals surface area (Å²) in [6.07, 6.45) is 15.3. The van der Waals surface area contributed by atoms with Gasteiger partial charge in [-0.25, -0.2) is 10.1 Å². The van der Waals surface area contributed by atoms with E-state index in [1.165, 1.54) is 70.6 Å². The topological polar surface area (TPSA) is 55.5 Å². The molecule has 0 heterocycles. The number of nitro groups is 1. The number of fused-ring (bicyclic) bond motifs is 5. The van der Waals surface area contributed by atoms with Gasteiger partial charge in [-0.2, -0.15) is 0 Å². The van der Waals surface area contributed by atoms with Gasteiger partial charge in [0.2, 0.25) is 0 Å². The summed E-state index contributed by atoms with van der Waals surface area (Å²) >= 11 is 0. The summed E-state index contributed by atoms with van der Waals surface area (Å²) in [5.74, 6) is 4.51. The third-order valence-corrected chi connectivity index (χ3v) is 10.8. The van der Waals surface area contributed by atoms with Gasteiger partial charge in [0.15, 0.2) is 5.03 Å². The van der Waals surface area contributed by atoms with E-state index in [1.54, 1.807) is 0 Å². The molecule has 0 aromatic heterocycles. The van der Waals surface area contributed by atoms with E-state index in [9.17, 15) is 10.1 Å². The van der Waals surface area contributed by atoms with Crippen molar-refractivity contribution in [1.82, 2.24) is 0 Å². The Hall–Kier alpha value is -0.930. The Kier molecular flexibility index (Phi) is 6.58. The van der Waals surface area contributed by atoms with Gasteiger partial charge in [0, 0.05) is 5.92 Å². The van der Waals surface area contributed by atoms with Gasteiger partial charge in [-0.1, -0.05) is 66.7 Å². The van der Waals surface area contributed by atoms with Crippen molar-refractivity contribution in [3.05, 3.63) is 10.1 Å². The molecule has 4 aliphatic rings. The van der Waals surface area contributed by atoms with Crippen molar-refractivity contribution in [3.8, 4) is 0 Å². The molecule has 0 radical (unpaired) electrons. The van der Waals surface area contributed by atoms with Gasteiger partial charge in [-0.3, -0.25) is 0 Å². The Morgan fingerprint density at radius 1 is 1.00 bits per heavy atom. The fourth-order valence-electron chi connectivity index (χ4n) is 9.22. The van der Waals surface area contributed by atoms with E-state index in [2.05, 4.69) is 39.7 Å². The van der Waals surface area contributed by atoms with Gasteiger partial charge >= 0.3 is 0 Å². The molecule has 0 amide bonds. The second-order valence-electron chi connectivity index (χ2n) is 12.8. The smallest absolute Gasteiger partial charge is 0.190 e. The van der Waals surface area contributed by atoms with Crippen molar-refractivity contribution in [1.29, 1.82) is 0 Å². The number of hydrazone groups is 1. The molecule has 0 aromatic carbocycles. The van der Waals surface area contributed by atoms with Crippen molar-refractivity contribution in [2.45, 2.75) is 112 Å². The molecule has 0 aromatic rings. The van der Waals surface area contributed by atoms with Gasteiger partial charge in [0.25, 0.3) is 0 Å². The van der Waals surface area contributed by atoms with E-state index in [-0.39, 0.29) is 5.03 Å². The maximum absolute atomic E-state index is 11.5. The molecule has 0 aliphatic heterocycles. The molecule has 0 bridgehead atoms. The zero-order chi connectivity index (χ0) is 22.4. The van der Waals surface area contributed by atoms with Crippen LogP contribution in [0.15, 0.2) is 5.10 Å². The van der Waals surface area contributed by atoms with Crippen LogP contribution in [-0.2, 0) is 0 Å². The summed E-state index contributed by atoms with van der Waals surface area (Å²) in [5, 5.41) is 15.2. The first-order valence-electron chi connectivity index (χ1n) is 13.4. The summed E-state index contributed by atoms with van der Waals surface area (Å²) in [5.41, 5.74) is 1.69. The molecule has 4 saturated carbocycles. The van der Waals surface area contributed by atoms with E-state index in [4.69, 9.17) is 0 Å². The van der Waals surface area contributed by atoms with E-state index in [0.29, 0.717) is 34.5 Å². The van der Waals surface area contributed by atoms with Crippen LogP contribution in [0.3, 0.4) is 0 Å².